The molecule has 1 amide bonds. The summed E-state index contributed by atoms with van der Waals surface area (Å²) in [4.78, 5) is 18.8. The van der Waals surface area contributed by atoms with Gasteiger partial charge in [0.1, 0.15) is 17.6 Å². The fourth-order valence-corrected chi connectivity index (χ4v) is 3.72. The molecule has 2 aromatic carbocycles. The van der Waals surface area contributed by atoms with E-state index >= 15 is 0 Å². The van der Waals surface area contributed by atoms with Crippen LogP contribution < -0.4 is 20.1 Å². The van der Waals surface area contributed by atoms with Crippen LogP contribution >= 0.6 is 0 Å². The van der Waals surface area contributed by atoms with E-state index in [9.17, 15) is 4.79 Å². The van der Waals surface area contributed by atoms with Gasteiger partial charge in [0.25, 0.3) is 0 Å². The van der Waals surface area contributed by atoms with Gasteiger partial charge in [-0.15, -0.1) is 0 Å². The van der Waals surface area contributed by atoms with E-state index in [1.54, 1.807) is 14.2 Å². The number of nitrogens with one attached hydrogen (secondary N) is 2. The van der Waals surface area contributed by atoms with E-state index in [0.717, 1.165) is 37.4 Å². The molecule has 1 aliphatic heterocycles. The molecular weight excluding hydrogens is 404 g/mol. The third-order valence-electron chi connectivity index (χ3n) is 5.50. The molecular formula is C25H34N4O3. The van der Waals surface area contributed by atoms with Crippen molar-refractivity contribution in [3.63, 3.8) is 0 Å². The predicted octanol–water partition coefficient (Wildman–Crippen LogP) is 2.99. The van der Waals surface area contributed by atoms with E-state index in [2.05, 4.69) is 33.8 Å². The molecule has 0 saturated carbocycles. The highest BCUT2D eigenvalue weighted by atomic mass is 16.5. The molecule has 2 aromatic rings. The molecule has 0 fully saturated rings. The van der Waals surface area contributed by atoms with Crippen molar-refractivity contribution < 1.29 is 14.3 Å². The molecule has 0 aromatic heterocycles. The Hall–Kier alpha value is -3.22. The van der Waals surface area contributed by atoms with Crippen LogP contribution in [0.25, 0.3) is 0 Å². The maximum atomic E-state index is 12.6. The van der Waals surface area contributed by atoms with Crippen LogP contribution in [-0.4, -0.2) is 56.7 Å². The first kappa shape index (κ1) is 23.4. The summed E-state index contributed by atoms with van der Waals surface area (Å²) in [7, 11) is 3.37. The molecule has 2 N–H and O–H groups in total. The molecule has 32 heavy (non-hydrogen) atoms. The number of hydrogen-bond acceptors (Lipinski definition) is 4. The molecule has 0 bridgehead atoms. The zero-order chi connectivity index (χ0) is 22.8. The number of methoxy groups -OCH3 is 1. The quantitative estimate of drug-likeness (QED) is 0.358. The Bertz CT molecular complexity index is 916. The SMILES string of the molecule is CN=C(NCCCC(=O)N1CCc2ccccc2C1)NCC(C)Oc1cccc(OC)c1. The van der Waals surface area contributed by atoms with Crippen LogP contribution in [0, 0.1) is 0 Å². The van der Waals surface area contributed by atoms with Gasteiger partial charge in [-0.3, -0.25) is 9.79 Å². The fraction of sp³-hybridized carbons (Fsp3) is 0.440. The summed E-state index contributed by atoms with van der Waals surface area (Å²) in [5.74, 6) is 2.44. The van der Waals surface area contributed by atoms with Crippen LogP contribution in [0.1, 0.15) is 30.9 Å². The molecule has 7 heteroatoms. The smallest absolute Gasteiger partial charge is 0.222 e. The molecule has 3 rings (SSSR count). The summed E-state index contributed by atoms with van der Waals surface area (Å²) in [6.45, 7) is 4.80. The number of nitrogens with zero attached hydrogens (tertiary/aromatic N) is 2. The molecule has 0 spiro atoms. The van der Waals surface area contributed by atoms with E-state index in [4.69, 9.17) is 9.47 Å². The summed E-state index contributed by atoms with van der Waals surface area (Å²) in [6.07, 6.45) is 2.17. The van der Waals surface area contributed by atoms with Crippen LogP contribution in [0.5, 0.6) is 11.5 Å². The lowest BCUT2D eigenvalue weighted by Gasteiger charge is -2.29. The Morgan fingerprint density at radius 2 is 1.91 bits per heavy atom. The number of hydrogen-bond donors (Lipinski definition) is 2. The van der Waals surface area contributed by atoms with Crippen molar-refractivity contribution >= 4 is 11.9 Å². The van der Waals surface area contributed by atoms with Crippen LogP contribution in [0.2, 0.25) is 0 Å². The normalized spacial score (nSPS) is 14.3. The van der Waals surface area contributed by atoms with E-state index in [0.29, 0.717) is 25.5 Å². The zero-order valence-electron chi connectivity index (χ0n) is 19.3. The Balaban J connectivity index is 1.33. The van der Waals surface area contributed by atoms with Crippen molar-refractivity contribution in [1.82, 2.24) is 15.5 Å². The van der Waals surface area contributed by atoms with E-state index in [1.165, 1.54) is 11.1 Å². The summed E-state index contributed by atoms with van der Waals surface area (Å²) in [5, 5.41) is 6.54. The Kier molecular flexibility index (Phi) is 8.78. The van der Waals surface area contributed by atoms with Gasteiger partial charge in [0.05, 0.1) is 13.7 Å². The number of guanidine groups is 1. The van der Waals surface area contributed by atoms with Crippen molar-refractivity contribution in [3.05, 3.63) is 59.7 Å². The lowest BCUT2D eigenvalue weighted by molar-refractivity contribution is -0.132. The first-order chi connectivity index (χ1) is 15.6. The second kappa shape index (κ2) is 12.0. The number of amides is 1. The number of carbonyl (C=O) groups excluding carboxylic acids is 1. The highest BCUT2D eigenvalue weighted by molar-refractivity contribution is 5.80. The first-order valence-electron chi connectivity index (χ1n) is 11.2. The maximum Gasteiger partial charge on any atom is 0.222 e. The van der Waals surface area contributed by atoms with Crippen LogP contribution in [-0.2, 0) is 17.8 Å². The van der Waals surface area contributed by atoms with Gasteiger partial charge in [0, 0.05) is 39.2 Å². The van der Waals surface area contributed by atoms with Gasteiger partial charge < -0.3 is 25.0 Å². The van der Waals surface area contributed by atoms with Crippen LogP contribution in [0.15, 0.2) is 53.5 Å². The van der Waals surface area contributed by atoms with Crippen molar-refractivity contribution in [2.75, 3.05) is 33.8 Å². The van der Waals surface area contributed by atoms with Gasteiger partial charge in [-0.05, 0) is 43.0 Å². The van der Waals surface area contributed by atoms with Crippen LogP contribution in [0.4, 0.5) is 0 Å². The monoisotopic (exact) mass is 438 g/mol. The van der Waals surface area contributed by atoms with Gasteiger partial charge in [0.15, 0.2) is 5.96 Å². The summed E-state index contributed by atoms with van der Waals surface area (Å²) < 4.78 is 11.2. The summed E-state index contributed by atoms with van der Waals surface area (Å²) in [6, 6.07) is 15.9. The number of carbonyl (C=O) groups is 1. The number of rotatable bonds is 9. The molecule has 0 radical (unpaired) electrons. The van der Waals surface area contributed by atoms with Gasteiger partial charge in [-0.25, -0.2) is 0 Å². The predicted molar refractivity (Wildman–Crippen MR) is 127 cm³/mol. The van der Waals surface area contributed by atoms with Crippen LogP contribution in [0.3, 0.4) is 0 Å². The highest BCUT2D eigenvalue weighted by Crippen LogP contribution is 2.20. The van der Waals surface area contributed by atoms with Gasteiger partial charge in [0.2, 0.25) is 5.91 Å². The Labute approximate surface area is 190 Å². The van der Waals surface area contributed by atoms with Gasteiger partial charge >= 0.3 is 0 Å². The lowest BCUT2D eigenvalue weighted by atomic mass is 9.99. The second-order valence-corrected chi connectivity index (χ2v) is 7.92. The minimum atomic E-state index is -0.0517. The third-order valence-corrected chi connectivity index (χ3v) is 5.50. The van der Waals surface area contributed by atoms with Crippen molar-refractivity contribution in [2.45, 2.75) is 38.8 Å². The second-order valence-electron chi connectivity index (χ2n) is 7.92. The first-order valence-corrected chi connectivity index (χ1v) is 11.2. The number of benzene rings is 2. The minimum absolute atomic E-state index is 0.0517. The van der Waals surface area contributed by atoms with E-state index in [1.807, 2.05) is 42.2 Å². The summed E-state index contributed by atoms with van der Waals surface area (Å²) >= 11 is 0. The molecule has 1 atom stereocenters. The lowest BCUT2D eigenvalue weighted by Crippen LogP contribution is -2.42. The minimum Gasteiger partial charge on any atom is -0.497 e. The largest absolute Gasteiger partial charge is 0.497 e. The van der Waals surface area contributed by atoms with Gasteiger partial charge in [-0.2, -0.15) is 0 Å². The van der Waals surface area contributed by atoms with Crippen molar-refractivity contribution in [3.8, 4) is 11.5 Å². The Morgan fingerprint density at radius 1 is 1.12 bits per heavy atom. The molecule has 7 nitrogen and oxygen atoms in total. The maximum absolute atomic E-state index is 12.6. The van der Waals surface area contributed by atoms with Crippen molar-refractivity contribution in [2.24, 2.45) is 4.99 Å². The molecule has 0 saturated heterocycles. The highest BCUT2D eigenvalue weighted by Gasteiger charge is 2.19. The molecule has 1 unspecified atom stereocenters. The van der Waals surface area contributed by atoms with Crippen molar-refractivity contribution in [1.29, 1.82) is 0 Å². The average Bonchev–Trinajstić information content (AvgIpc) is 2.83. The molecule has 0 aliphatic carbocycles. The Morgan fingerprint density at radius 3 is 2.69 bits per heavy atom. The zero-order valence-corrected chi connectivity index (χ0v) is 19.3. The molecule has 172 valence electrons. The number of aliphatic imine (C=N–C) groups is 1. The summed E-state index contributed by atoms with van der Waals surface area (Å²) in [5.41, 5.74) is 2.62. The van der Waals surface area contributed by atoms with Gasteiger partial charge in [-0.1, -0.05) is 30.3 Å². The molecule has 1 heterocycles. The number of fused-ring (bicyclic) bond motifs is 1. The topological polar surface area (TPSA) is 75.2 Å². The average molecular weight is 439 g/mol. The molecule has 1 aliphatic rings. The number of ether oxygens (including phenoxy) is 2. The van der Waals surface area contributed by atoms with E-state index < -0.39 is 0 Å². The van der Waals surface area contributed by atoms with E-state index in [-0.39, 0.29) is 12.0 Å². The third kappa shape index (κ3) is 6.90. The fourth-order valence-electron chi connectivity index (χ4n) is 3.72. The standard InChI is InChI=1S/C25H34N4O3/c1-19(32-23-11-6-10-22(16-23)31-3)17-28-25(26-2)27-14-7-12-24(30)29-15-13-20-8-4-5-9-21(20)18-29/h4-6,8-11,16,19H,7,12-15,17-18H2,1-3H3,(H2,26,27,28).